The minimum Gasteiger partial charge on any atom is -0.481 e. The van der Waals surface area contributed by atoms with Crippen molar-refractivity contribution in [3.8, 4) is 5.75 Å². The number of hydrogen-bond acceptors (Lipinski definition) is 7. The molecule has 0 unspecified atom stereocenters. The van der Waals surface area contributed by atoms with Crippen molar-refractivity contribution in [1.82, 2.24) is 5.32 Å². The number of urea groups is 1. The van der Waals surface area contributed by atoms with E-state index in [1.807, 2.05) is 5.32 Å². The topological polar surface area (TPSA) is 156 Å². The summed E-state index contributed by atoms with van der Waals surface area (Å²) in [6, 6.07) is 8.23. The predicted molar refractivity (Wildman–Crippen MR) is 109 cm³/mol. The average molecular weight is 490 g/mol. The summed E-state index contributed by atoms with van der Waals surface area (Å²) in [6.07, 6.45) is 1.14. The number of nitrogens with zero attached hydrogens (tertiary/aromatic N) is 2. The summed E-state index contributed by atoms with van der Waals surface area (Å²) in [6.45, 7) is -0.657. The van der Waals surface area contributed by atoms with Crippen LogP contribution in [0.2, 0.25) is 0 Å². The second-order valence-corrected chi connectivity index (χ2v) is 7.02. The van der Waals surface area contributed by atoms with Crippen molar-refractivity contribution >= 4 is 57.2 Å². The number of anilines is 1. The fourth-order valence-electron chi connectivity index (χ4n) is 2.70. The maximum absolute atomic E-state index is 13.0. The third kappa shape index (κ3) is 4.75. The van der Waals surface area contributed by atoms with Crippen LogP contribution in [-0.2, 0) is 14.4 Å². The highest BCUT2D eigenvalue weighted by atomic mass is 79.9. The number of carboxylic acid groups (broad SMARTS) is 1. The van der Waals surface area contributed by atoms with E-state index in [1.165, 1.54) is 30.3 Å². The first kappa shape index (κ1) is 21.6. The summed E-state index contributed by atoms with van der Waals surface area (Å²) in [4.78, 5) is 59.3. The number of carbonyl (C=O) groups is 4. The number of halogens is 1. The van der Waals surface area contributed by atoms with Gasteiger partial charge in [0, 0.05) is 22.2 Å². The SMILES string of the molecule is O=C(O)COc1ccc(Br)cc1/C=C1\C(=O)NC(=O)N(c2cccc([N+](=O)[O-])c2)C1=O. The molecule has 2 aromatic carbocycles. The maximum Gasteiger partial charge on any atom is 0.341 e. The van der Waals surface area contributed by atoms with Crippen LogP contribution >= 0.6 is 15.9 Å². The quantitative estimate of drug-likeness (QED) is 0.271. The Bertz CT molecular complexity index is 1160. The smallest absolute Gasteiger partial charge is 0.341 e. The molecule has 0 saturated carbocycles. The molecule has 0 radical (unpaired) electrons. The first-order chi connectivity index (χ1) is 14.7. The molecule has 11 nitrogen and oxygen atoms in total. The number of rotatable bonds is 6. The number of aliphatic carboxylic acids is 1. The molecule has 0 aliphatic carbocycles. The number of amides is 4. The zero-order valence-electron chi connectivity index (χ0n) is 15.4. The van der Waals surface area contributed by atoms with Crippen LogP contribution in [0.3, 0.4) is 0 Å². The molecule has 0 atom stereocenters. The van der Waals surface area contributed by atoms with Crippen LogP contribution < -0.4 is 15.0 Å². The monoisotopic (exact) mass is 489 g/mol. The molecule has 0 bridgehead atoms. The van der Waals surface area contributed by atoms with Crippen LogP contribution in [0.1, 0.15) is 5.56 Å². The number of barbiturate groups is 1. The van der Waals surface area contributed by atoms with Gasteiger partial charge in [0.1, 0.15) is 11.3 Å². The Morgan fingerprint density at radius 2 is 1.97 bits per heavy atom. The number of nitro groups is 1. The second-order valence-electron chi connectivity index (χ2n) is 6.10. The molecule has 1 aliphatic heterocycles. The van der Waals surface area contributed by atoms with Crippen molar-refractivity contribution in [2.24, 2.45) is 0 Å². The van der Waals surface area contributed by atoms with E-state index in [4.69, 9.17) is 9.84 Å². The molecule has 0 aromatic heterocycles. The van der Waals surface area contributed by atoms with Crippen molar-refractivity contribution < 1.29 is 33.9 Å². The summed E-state index contributed by atoms with van der Waals surface area (Å²) in [7, 11) is 0. The lowest BCUT2D eigenvalue weighted by atomic mass is 10.1. The summed E-state index contributed by atoms with van der Waals surface area (Å²) in [5, 5.41) is 21.8. The van der Waals surface area contributed by atoms with Gasteiger partial charge < -0.3 is 9.84 Å². The summed E-state index contributed by atoms with van der Waals surface area (Å²) in [5.74, 6) is -3.15. The van der Waals surface area contributed by atoms with Gasteiger partial charge in [-0.1, -0.05) is 22.0 Å². The van der Waals surface area contributed by atoms with E-state index in [1.54, 1.807) is 6.07 Å². The molecule has 1 aliphatic rings. The Hall–Kier alpha value is -4.06. The molecule has 12 heteroatoms. The largest absolute Gasteiger partial charge is 0.481 e. The van der Waals surface area contributed by atoms with Gasteiger partial charge in [0.25, 0.3) is 17.5 Å². The van der Waals surface area contributed by atoms with Gasteiger partial charge in [-0.15, -0.1) is 0 Å². The number of carbonyl (C=O) groups excluding carboxylic acids is 3. The lowest BCUT2D eigenvalue weighted by molar-refractivity contribution is -0.384. The van der Waals surface area contributed by atoms with Crippen LogP contribution in [-0.4, -0.2) is 40.5 Å². The standard InChI is InChI=1S/C19H12BrN3O8/c20-11-4-5-15(31-9-16(24)25)10(6-11)7-14-17(26)21-19(28)22(18(14)27)12-2-1-3-13(8-12)23(29)30/h1-8H,9H2,(H,24,25)(H,21,26,28)/b14-7+. The number of imide groups is 2. The zero-order chi connectivity index (χ0) is 22.7. The van der Waals surface area contributed by atoms with Crippen LogP contribution in [0.4, 0.5) is 16.2 Å². The molecule has 0 spiro atoms. The number of nitrogens with one attached hydrogen (secondary N) is 1. The highest BCUT2D eigenvalue weighted by Gasteiger charge is 2.37. The van der Waals surface area contributed by atoms with Crippen LogP contribution in [0.15, 0.2) is 52.5 Å². The third-order valence-corrected chi connectivity index (χ3v) is 4.52. The molecule has 158 valence electrons. The predicted octanol–water partition coefficient (Wildman–Crippen LogP) is 2.49. The van der Waals surface area contributed by atoms with E-state index < -0.39 is 40.9 Å². The van der Waals surface area contributed by atoms with Gasteiger partial charge in [-0.25, -0.2) is 14.5 Å². The molecule has 1 heterocycles. The fraction of sp³-hybridized carbons (Fsp3) is 0.0526. The number of benzene rings is 2. The lowest BCUT2D eigenvalue weighted by Gasteiger charge is -2.26. The van der Waals surface area contributed by atoms with Crippen molar-refractivity contribution in [3.63, 3.8) is 0 Å². The lowest BCUT2D eigenvalue weighted by Crippen LogP contribution is -2.54. The molecule has 1 fully saturated rings. The van der Waals surface area contributed by atoms with E-state index in [0.717, 1.165) is 12.1 Å². The van der Waals surface area contributed by atoms with Crippen LogP contribution in [0.5, 0.6) is 5.75 Å². The summed E-state index contributed by atoms with van der Waals surface area (Å²) >= 11 is 3.24. The van der Waals surface area contributed by atoms with E-state index in [2.05, 4.69) is 15.9 Å². The molecule has 1 saturated heterocycles. The Morgan fingerprint density at radius 1 is 1.23 bits per heavy atom. The molecule has 4 amide bonds. The number of non-ortho nitro benzene ring substituents is 1. The Labute approximate surface area is 182 Å². The highest BCUT2D eigenvalue weighted by Crippen LogP contribution is 2.29. The average Bonchev–Trinajstić information content (AvgIpc) is 2.70. The third-order valence-electron chi connectivity index (χ3n) is 4.02. The van der Waals surface area contributed by atoms with Gasteiger partial charge in [0.2, 0.25) is 0 Å². The fourth-order valence-corrected chi connectivity index (χ4v) is 3.07. The number of carboxylic acids is 1. The molecule has 3 rings (SSSR count). The van der Waals surface area contributed by atoms with Gasteiger partial charge in [0.05, 0.1) is 10.6 Å². The summed E-state index contributed by atoms with van der Waals surface area (Å²) in [5.41, 5.74) is -0.713. The Morgan fingerprint density at radius 3 is 2.65 bits per heavy atom. The molecule has 2 aromatic rings. The van der Waals surface area contributed by atoms with Crippen LogP contribution in [0, 0.1) is 10.1 Å². The molecular weight excluding hydrogens is 478 g/mol. The minimum atomic E-state index is -1.23. The van der Waals surface area contributed by atoms with E-state index in [0.29, 0.717) is 9.37 Å². The van der Waals surface area contributed by atoms with Crippen molar-refractivity contribution in [2.75, 3.05) is 11.5 Å². The van der Waals surface area contributed by atoms with Crippen LogP contribution in [0.25, 0.3) is 6.08 Å². The van der Waals surface area contributed by atoms with Crippen molar-refractivity contribution in [3.05, 3.63) is 68.2 Å². The Kier molecular flexibility index (Phi) is 6.11. The molecule has 31 heavy (non-hydrogen) atoms. The number of hydrogen-bond donors (Lipinski definition) is 2. The number of nitro benzene ring substituents is 1. The van der Waals surface area contributed by atoms with Crippen molar-refractivity contribution in [1.29, 1.82) is 0 Å². The van der Waals surface area contributed by atoms with E-state index >= 15 is 0 Å². The van der Waals surface area contributed by atoms with Gasteiger partial charge in [-0.3, -0.25) is 25.0 Å². The van der Waals surface area contributed by atoms with Crippen molar-refractivity contribution in [2.45, 2.75) is 0 Å². The van der Waals surface area contributed by atoms with Gasteiger partial charge in [-0.05, 0) is 30.3 Å². The first-order valence-corrected chi connectivity index (χ1v) is 9.26. The number of ether oxygens (including phenoxy) is 1. The van der Waals surface area contributed by atoms with Gasteiger partial charge in [-0.2, -0.15) is 0 Å². The maximum atomic E-state index is 13.0. The highest BCUT2D eigenvalue weighted by molar-refractivity contribution is 9.10. The summed E-state index contributed by atoms with van der Waals surface area (Å²) < 4.78 is 5.73. The first-order valence-electron chi connectivity index (χ1n) is 8.47. The zero-order valence-corrected chi connectivity index (χ0v) is 17.0. The minimum absolute atomic E-state index is 0.0810. The molecule has 2 N–H and O–H groups in total. The van der Waals surface area contributed by atoms with E-state index in [9.17, 15) is 29.3 Å². The van der Waals surface area contributed by atoms with Gasteiger partial charge in [0.15, 0.2) is 6.61 Å². The van der Waals surface area contributed by atoms with Gasteiger partial charge >= 0.3 is 12.0 Å². The molecular formula is C19H12BrN3O8. The van der Waals surface area contributed by atoms with E-state index in [-0.39, 0.29) is 22.7 Å². The Balaban J connectivity index is 2.04. The second kappa shape index (κ2) is 8.75. The normalized spacial score (nSPS) is 15.1.